The number of piperazine rings is 1. The van der Waals surface area contributed by atoms with Gasteiger partial charge in [-0.15, -0.1) is 0 Å². The molecule has 0 bridgehead atoms. The second-order valence-corrected chi connectivity index (χ2v) is 6.87. The van der Waals surface area contributed by atoms with Crippen molar-refractivity contribution in [3.63, 3.8) is 0 Å². The summed E-state index contributed by atoms with van der Waals surface area (Å²) in [5, 5.41) is 11.6. The Hall–Kier alpha value is -2.60. The molecule has 1 aliphatic heterocycles. The molecule has 2 aromatic rings. The monoisotopic (exact) mass is 373 g/mol. The molecule has 136 valence electrons. The Kier molecular flexibility index (Phi) is 5.13. The summed E-state index contributed by atoms with van der Waals surface area (Å²) in [7, 11) is 0. The largest absolute Gasteiger partial charge is 0.361 e. The quantitative estimate of drug-likeness (QED) is 0.605. The summed E-state index contributed by atoms with van der Waals surface area (Å²) in [6.07, 6.45) is 0. The van der Waals surface area contributed by atoms with Crippen LogP contribution in [-0.2, 0) is 0 Å². The number of amides is 1. The number of rotatable bonds is 3. The van der Waals surface area contributed by atoms with Gasteiger partial charge in [0.1, 0.15) is 5.69 Å². The number of benzene rings is 2. The Morgan fingerprint density at radius 2 is 1.81 bits per heavy atom. The summed E-state index contributed by atoms with van der Waals surface area (Å²) < 4.78 is 0. The maximum absolute atomic E-state index is 12.8. The highest BCUT2D eigenvalue weighted by Gasteiger charge is 2.28. The van der Waals surface area contributed by atoms with Crippen molar-refractivity contribution in [3.8, 4) is 0 Å². The lowest BCUT2D eigenvalue weighted by Crippen LogP contribution is -2.49. The Morgan fingerprint density at radius 1 is 1.12 bits per heavy atom. The number of hydrogen-bond donors (Lipinski definition) is 0. The minimum absolute atomic E-state index is 0.00388. The number of anilines is 1. The van der Waals surface area contributed by atoms with E-state index in [2.05, 4.69) is 0 Å². The van der Waals surface area contributed by atoms with Crippen molar-refractivity contribution in [1.29, 1.82) is 0 Å². The number of carbonyl (C=O) groups excluding carboxylic acids is 1. The third-order valence-electron chi connectivity index (χ3n) is 4.66. The Balaban J connectivity index is 1.76. The zero-order valence-corrected chi connectivity index (χ0v) is 15.5. The van der Waals surface area contributed by atoms with E-state index in [0.717, 1.165) is 11.1 Å². The summed E-state index contributed by atoms with van der Waals surface area (Å²) in [5.74, 6) is -0.00388. The maximum Gasteiger partial charge on any atom is 0.294 e. The minimum atomic E-state index is -0.422. The third-order valence-corrected chi connectivity index (χ3v) is 4.96. The fourth-order valence-corrected chi connectivity index (χ4v) is 3.61. The molecule has 0 aromatic heterocycles. The molecule has 0 radical (unpaired) electrons. The van der Waals surface area contributed by atoms with Crippen molar-refractivity contribution in [2.24, 2.45) is 0 Å². The third kappa shape index (κ3) is 3.51. The van der Waals surface area contributed by atoms with Crippen LogP contribution in [0, 0.1) is 24.0 Å². The van der Waals surface area contributed by atoms with Crippen LogP contribution in [0.4, 0.5) is 11.4 Å². The first kappa shape index (κ1) is 18.2. The first-order valence-corrected chi connectivity index (χ1v) is 8.80. The van der Waals surface area contributed by atoms with E-state index < -0.39 is 4.92 Å². The van der Waals surface area contributed by atoms with E-state index >= 15 is 0 Å². The number of nitrogens with zero attached hydrogens (tertiary/aromatic N) is 3. The first-order chi connectivity index (χ1) is 12.4. The standard InChI is InChI=1S/C19H20ClN3O3/c1-13-6-7-15(14(2)12-13)19(24)22-10-8-21(9-11-22)18-16(20)4-3-5-17(18)23(25)26/h3-7,12H,8-11H2,1-2H3. The first-order valence-electron chi connectivity index (χ1n) is 8.43. The van der Waals surface area contributed by atoms with E-state index in [-0.39, 0.29) is 11.6 Å². The van der Waals surface area contributed by atoms with Crippen LogP contribution in [0.2, 0.25) is 5.02 Å². The van der Waals surface area contributed by atoms with Gasteiger partial charge >= 0.3 is 0 Å². The van der Waals surface area contributed by atoms with E-state index in [1.807, 2.05) is 36.9 Å². The van der Waals surface area contributed by atoms with Gasteiger partial charge in [0.2, 0.25) is 0 Å². The minimum Gasteiger partial charge on any atom is -0.361 e. The molecule has 0 spiro atoms. The molecule has 1 fully saturated rings. The molecule has 2 aromatic carbocycles. The van der Waals surface area contributed by atoms with Gasteiger partial charge < -0.3 is 9.80 Å². The van der Waals surface area contributed by atoms with Crippen LogP contribution in [0.5, 0.6) is 0 Å². The summed E-state index contributed by atoms with van der Waals surface area (Å²) in [5.41, 5.74) is 3.20. The van der Waals surface area contributed by atoms with Crippen molar-refractivity contribution < 1.29 is 9.72 Å². The number of halogens is 1. The number of hydrogen-bond acceptors (Lipinski definition) is 4. The fraction of sp³-hybridized carbons (Fsp3) is 0.316. The molecule has 0 N–H and O–H groups in total. The van der Waals surface area contributed by atoms with Crippen molar-refractivity contribution >= 4 is 28.9 Å². The average molecular weight is 374 g/mol. The van der Waals surface area contributed by atoms with Crippen LogP contribution in [-0.4, -0.2) is 41.9 Å². The predicted octanol–water partition coefficient (Wildman–Crippen LogP) is 3.83. The zero-order valence-electron chi connectivity index (χ0n) is 14.7. The molecule has 1 heterocycles. The number of carbonyl (C=O) groups is 1. The fourth-order valence-electron chi connectivity index (χ4n) is 3.32. The van der Waals surface area contributed by atoms with E-state index in [1.54, 1.807) is 17.0 Å². The summed E-state index contributed by atoms with van der Waals surface area (Å²) in [6, 6.07) is 10.5. The second-order valence-electron chi connectivity index (χ2n) is 6.46. The highest BCUT2D eigenvalue weighted by molar-refractivity contribution is 6.33. The normalized spacial score (nSPS) is 14.4. The summed E-state index contributed by atoms with van der Waals surface area (Å²) >= 11 is 6.21. The van der Waals surface area contributed by atoms with Gasteiger partial charge in [-0.25, -0.2) is 0 Å². The van der Waals surface area contributed by atoms with Crippen molar-refractivity contribution in [2.75, 3.05) is 31.1 Å². The molecular formula is C19H20ClN3O3. The van der Waals surface area contributed by atoms with Gasteiger partial charge in [-0.2, -0.15) is 0 Å². The molecule has 1 saturated heterocycles. The van der Waals surface area contributed by atoms with Gasteiger partial charge in [-0.3, -0.25) is 14.9 Å². The SMILES string of the molecule is Cc1ccc(C(=O)N2CCN(c3c(Cl)cccc3[N+](=O)[O-])CC2)c(C)c1. The lowest BCUT2D eigenvalue weighted by molar-refractivity contribution is -0.384. The molecule has 1 amide bonds. The van der Waals surface area contributed by atoms with Crippen LogP contribution >= 0.6 is 11.6 Å². The van der Waals surface area contributed by atoms with Gasteiger partial charge in [0.15, 0.2) is 0 Å². The van der Waals surface area contributed by atoms with Crippen LogP contribution in [0.3, 0.4) is 0 Å². The molecule has 0 saturated carbocycles. The average Bonchev–Trinajstić information content (AvgIpc) is 2.61. The Bertz CT molecular complexity index is 861. The number of nitro benzene ring substituents is 1. The molecule has 0 atom stereocenters. The molecule has 1 aliphatic rings. The number of para-hydroxylation sites is 1. The molecule has 0 aliphatic carbocycles. The highest BCUT2D eigenvalue weighted by atomic mass is 35.5. The molecule has 26 heavy (non-hydrogen) atoms. The topological polar surface area (TPSA) is 66.7 Å². The van der Waals surface area contributed by atoms with Crippen molar-refractivity contribution in [1.82, 2.24) is 4.90 Å². The van der Waals surface area contributed by atoms with Crippen LogP contribution < -0.4 is 4.90 Å². The zero-order chi connectivity index (χ0) is 18.8. The van der Waals surface area contributed by atoms with Crippen LogP contribution in [0.1, 0.15) is 21.5 Å². The number of aryl methyl sites for hydroxylation is 2. The van der Waals surface area contributed by atoms with E-state index in [1.165, 1.54) is 6.07 Å². The van der Waals surface area contributed by atoms with E-state index in [4.69, 9.17) is 11.6 Å². The molecule has 0 unspecified atom stereocenters. The molecule has 3 rings (SSSR count). The maximum atomic E-state index is 12.8. The van der Waals surface area contributed by atoms with Gasteiger partial charge in [-0.1, -0.05) is 35.4 Å². The summed E-state index contributed by atoms with van der Waals surface area (Å²) in [6.45, 7) is 5.92. The smallest absolute Gasteiger partial charge is 0.294 e. The number of nitro groups is 1. The molecular weight excluding hydrogens is 354 g/mol. The lowest BCUT2D eigenvalue weighted by Gasteiger charge is -2.36. The van der Waals surface area contributed by atoms with Gasteiger partial charge in [0.05, 0.1) is 9.95 Å². The lowest BCUT2D eigenvalue weighted by atomic mass is 10.0. The van der Waals surface area contributed by atoms with Crippen LogP contribution in [0.25, 0.3) is 0 Å². The molecule has 6 nitrogen and oxygen atoms in total. The van der Waals surface area contributed by atoms with Gasteiger partial charge in [0.25, 0.3) is 11.6 Å². The second kappa shape index (κ2) is 7.33. The van der Waals surface area contributed by atoms with E-state index in [9.17, 15) is 14.9 Å². The highest BCUT2D eigenvalue weighted by Crippen LogP contribution is 2.36. The Labute approximate surface area is 157 Å². The van der Waals surface area contributed by atoms with Gasteiger partial charge in [0, 0.05) is 37.8 Å². The summed E-state index contributed by atoms with van der Waals surface area (Å²) in [4.78, 5) is 27.3. The van der Waals surface area contributed by atoms with Gasteiger partial charge in [-0.05, 0) is 31.5 Å². The van der Waals surface area contributed by atoms with E-state index in [0.29, 0.717) is 42.5 Å². The molecule has 7 heteroatoms. The Morgan fingerprint density at radius 3 is 2.42 bits per heavy atom. The predicted molar refractivity (Wildman–Crippen MR) is 102 cm³/mol. The van der Waals surface area contributed by atoms with Crippen molar-refractivity contribution in [2.45, 2.75) is 13.8 Å². The van der Waals surface area contributed by atoms with Crippen LogP contribution in [0.15, 0.2) is 36.4 Å². The van der Waals surface area contributed by atoms with Crippen molar-refractivity contribution in [3.05, 3.63) is 68.2 Å².